The van der Waals surface area contributed by atoms with Gasteiger partial charge in [0, 0.05) is 26.5 Å². The van der Waals surface area contributed by atoms with Crippen molar-refractivity contribution in [1.82, 2.24) is 0 Å². The first-order valence-corrected chi connectivity index (χ1v) is 7.08. The highest BCUT2D eigenvalue weighted by Crippen LogP contribution is 2.26. The third-order valence-corrected chi connectivity index (χ3v) is 4.17. The molecule has 2 aromatic rings. The zero-order valence-electron chi connectivity index (χ0n) is 9.61. The van der Waals surface area contributed by atoms with E-state index >= 15 is 0 Å². The minimum absolute atomic E-state index is 0.190. The Morgan fingerprint density at radius 1 is 1.24 bits per heavy atom. The second-order valence-corrected chi connectivity index (χ2v) is 6.12. The summed E-state index contributed by atoms with van der Waals surface area (Å²) in [6, 6.07) is 12.6. The fourth-order valence-electron chi connectivity index (χ4n) is 1.63. The van der Waals surface area contributed by atoms with Gasteiger partial charge in [0.25, 0.3) is 0 Å². The number of nitrogens with two attached hydrogens (primary N) is 1. The van der Waals surface area contributed by atoms with Gasteiger partial charge in [-0.3, -0.25) is 0 Å². The molecule has 1 aromatic carbocycles. The molecule has 0 amide bonds. The first kappa shape index (κ1) is 12.6. The molecule has 1 aromatic heterocycles. The third-order valence-electron chi connectivity index (χ3n) is 2.53. The Morgan fingerprint density at radius 3 is 2.47 bits per heavy atom. The molecule has 1 unspecified atom stereocenters. The Bertz CT molecular complexity index is 478. The van der Waals surface area contributed by atoms with E-state index in [-0.39, 0.29) is 6.04 Å². The number of thiophene rings is 1. The van der Waals surface area contributed by atoms with Gasteiger partial charge in [0.2, 0.25) is 0 Å². The van der Waals surface area contributed by atoms with Gasteiger partial charge in [-0.15, -0.1) is 11.3 Å². The molecule has 0 aliphatic rings. The van der Waals surface area contributed by atoms with E-state index < -0.39 is 0 Å². The summed E-state index contributed by atoms with van der Waals surface area (Å²) in [4.78, 5) is 2.60. The van der Waals surface area contributed by atoms with Crippen molar-refractivity contribution in [3.05, 3.63) is 50.6 Å². The van der Waals surface area contributed by atoms with Gasteiger partial charge in [-0.2, -0.15) is 0 Å². The smallest absolute Gasteiger partial charge is 0.0728 e. The summed E-state index contributed by atoms with van der Waals surface area (Å²) in [7, 11) is 0. The lowest BCUT2D eigenvalue weighted by molar-refractivity contribution is 0.806. The fraction of sp³-hybridized carbons (Fsp3) is 0.231. The van der Waals surface area contributed by atoms with E-state index in [1.807, 2.05) is 24.3 Å². The number of benzene rings is 1. The quantitative estimate of drug-likeness (QED) is 0.898. The van der Waals surface area contributed by atoms with E-state index in [2.05, 4.69) is 40.3 Å². The summed E-state index contributed by atoms with van der Waals surface area (Å²) < 4.78 is 1.08. The maximum Gasteiger partial charge on any atom is 0.0728 e. The van der Waals surface area contributed by atoms with Crippen LogP contribution in [0.4, 0.5) is 5.69 Å². The summed E-state index contributed by atoms with van der Waals surface area (Å²) in [5.74, 6) is 0. The highest BCUT2D eigenvalue weighted by molar-refractivity contribution is 9.10. The van der Waals surface area contributed by atoms with Crippen molar-refractivity contribution in [1.29, 1.82) is 0 Å². The maximum atomic E-state index is 5.83. The van der Waals surface area contributed by atoms with Crippen LogP contribution < -0.4 is 11.1 Å². The van der Waals surface area contributed by atoms with Crippen LogP contribution in [-0.2, 0) is 0 Å². The Kier molecular flexibility index (Phi) is 4.20. The van der Waals surface area contributed by atoms with Gasteiger partial charge in [0.15, 0.2) is 0 Å². The van der Waals surface area contributed by atoms with Crippen molar-refractivity contribution < 1.29 is 0 Å². The van der Waals surface area contributed by atoms with Crippen LogP contribution >= 0.6 is 27.3 Å². The lowest BCUT2D eigenvalue weighted by Crippen LogP contribution is -2.19. The Hall–Kier alpha value is -0.840. The van der Waals surface area contributed by atoms with Crippen LogP contribution in [0.2, 0.25) is 0 Å². The highest BCUT2D eigenvalue weighted by Gasteiger charge is 2.11. The summed E-state index contributed by atoms with van der Waals surface area (Å²) in [6.45, 7) is 2.71. The molecule has 0 aliphatic heterocycles. The highest BCUT2D eigenvalue weighted by atomic mass is 79.9. The summed E-state index contributed by atoms with van der Waals surface area (Å²) >= 11 is 5.22. The molecule has 2 rings (SSSR count). The van der Waals surface area contributed by atoms with E-state index in [1.165, 1.54) is 9.75 Å². The van der Waals surface area contributed by atoms with Gasteiger partial charge in [-0.25, -0.2) is 0 Å². The molecule has 0 saturated carbocycles. The first-order valence-electron chi connectivity index (χ1n) is 5.47. The van der Waals surface area contributed by atoms with E-state index in [4.69, 9.17) is 5.73 Å². The molecule has 4 heteroatoms. The van der Waals surface area contributed by atoms with Crippen molar-refractivity contribution in [3.63, 3.8) is 0 Å². The van der Waals surface area contributed by atoms with E-state index in [0.717, 1.165) is 10.2 Å². The van der Waals surface area contributed by atoms with Gasteiger partial charge >= 0.3 is 0 Å². The number of rotatable bonds is 4. The first-order chi connectivity index (χ1) is 8.19. The van der Waals surface area contributed by atoms with E-state index in [1.54, 1.807) is 11.3 Å². The Morgan fingerprint density at radius 2 is 1.94 bits per heavy atom. The molecule has 17 heavy (non-hydrogen) atoms. The zero-order chi connectivity index (χ0) is 12.3. The molecule has 2 nitrogen and oxygen atoms in total. The van der Waals surface area contributed by atoms with Crippen LogP contribution in [-0.4, -0.2) is 6.54 Å². The van der Waals surface area contributed by atoms with Crippen LogP contribution in [0.5, 0.6) is 0 Å². The summed E-state index contributed by atoms with van der Waals surface area (Å²) in [5, 5.41) is 3.45. The summed E-state index contributed by atoms with van der Waals surface area (Å²) in [5.41, 5.74) is 6.92. The minimum atomic E-state index is 0.190. The number of hydrogen-bond donors (Lipinski definition) is 2. The predicted molar refractivity (Wildman–Crippen MR) is 78.6 cm³/mol. The number of nitrogens with one attached hydrogen (secondary N) is 1. The fourth-order valence-corrected chi connectivity index (χ4v) is 2.84. The van der Waals surface area contributed by atoms with Crippen LogP contribution in [0, 0.1) is 6.92 Å². The van der Waals surface area contributed by atoms with Gasteiger partial charge in [-0.1, -0.05) is 15.9 Å². The van der Waals surface area contributed by atoms with Crippen molar-refractivity contribution in [2.75, 3.05) is 11.9 Å². The normalized spacial score (nSPS) is 12.4. The van der Waals surface area contributed by atoms with Gasteiger partial charge in [0.1, 0.15) is 0 Å². The van der Waals surface area contributed by atoms with Gasteiger partial charge in [0.05, 0.1) is 6.04 Å². The number of anilines is 1. The molecule has 0 saturated heterocycles. The third kappa shape index (κ3) is 3.31. The van der Waals surface area contributed by atoms with Gasteiger partial charge in [-0.05, 0) is 43.3 Å². The molecule has 3 N–H and O–H groups in total. The second-order valence-electron chi connectivity index (χ2n) is 3.89. The number of halogens is 1. The lowest BCUT2D eigenvalue weighted by atomic mass is 10.2. The Balaban J connectivity index is 2.12. The van der Waals surface area contributed by atoms with E-state index in [9.17, 15) is 0 Å². The molecular formula is C13H15BrN2S. The van der Waals surface area contributed by atoms with Crippen molar-refractivity contribution in [2.24, 2.45) is 5.73 Å². The second kappa shape index (κ2) is 5.67. The van der Waals surface area contributed by atoms with Crippen LogP contribution in [0.1, 0.15) is 15.8 Å². The van der Waals surface area contributed by atoms with Crippen LogP contribution in [0.15, 0.2) is 40.9 Å². The maximum absolute atomic E-state index is 5.83. The average molecular weight is 311 g/mol. The molecule has 0 bridgehead atoms. The molecule has 0 radical (unpaired) electrons. The molecular weight excluding hydrogens is 296 g/mol. The molecule has 0 fully saturated rings. The molecule has 0 aliphatic carbocycles. The molecule has 1 atom stereocenters. The Labute approximate surface area is 114 Å². The largest absolute Gasteiger partial charge is 0.376 e. The predicted octanol–water partition coefficient (Wildman–Crippen LogP) is 3.93. The van der Waals surface area contributed by atoms with E-state index in [0.29, 0.717) is 6.54 Å². The topological polar surface area (TPSA) is 38.0 Å². The molecule has 0 spiro atoms. The van der Waals surface area contributed by atoms with Crippen LogP contribution in [0.3, 0.4) is 0 Å². The summed E-state index contributed by atoms with van der Waals surface area (Å²) in [6.07, 6.45) is 0. The van der Waals surface area contributed by atoms with Crippen molar-refractivity contribution in [2.45, 2.75) is 13.0 Å². The SMILES string of the molecule is Cc1ccc(C(CN)Nc2ccc(Br)cc2)s1. The van der Waals surface area contributed by atoms with Gasteiger partial charge < -0.3 is 11.1 Å². The van der Waals surface area contributed by atoms with Crippen LogP contribution in [0.25, 0.3) is 0 Å². The lowest BCUT2D eigenvalue weighted by Gasteiger charge is -2.16. The standard InChI is InChI=1S/C13H15BrN2S/c1-9-2-7-13(17-9)12(8-15)16-11-5-3-10(14)4-6-11/h2-7,12,16H,8,15H2,1H3. The van der Waals surface area contributed by atoms with Crippen molar-refractivity contribution >= 4 is 33.0 Å². The minimum Gasteiger partial charge on any atom is -0.376 e. The zero-order valence-corrected chi connectivity index (χ0v) is 12.0. The molecule has 1 heterocycles. The average Bonchev–Trinajstić information content (AvgIpc) is 2.75. The molecule has 90 valence electrons. The monoisotopic (exact) mass is 310 g/mol. The number of aryl methyl sites for hydroxylation is 1. The number of hydrogen-bond acceptors (Lipinski definition) is 3. The van der Waals surface area contributed by atoms with Crippen molar-refractivity contribution in [3.8, 4) is 0 Å².